The van der Waals surface area contributed by atoms with E-state index in [1.807, 2.05) is 4.90 Å². The molecule has 2 aromatic rings. The van der Waals surface area contributed by atoms with Gasteiger partial charge in [0.25, 0.3) is 0 Å². The van der Waals surface area contributed by atoms with Gasteiger partial charge in [-0.25, -0.2) is 14.9 Å². The molecule has 1 amide bonds. The maximum Gasteiger partial charge on any atom is 0.434 e. The maximum atomic E-state index is 12.1. The molecule has 0 aromatic carbocycles. The van der Waals surface area contributed by atoms with Crippen molar-refractivity contribution in [3.05, 3.63) is 34.7 Å². The van der Waals surface area contributed by atoms with Gasteiger partial charge in [-0.3, -0.25) is 4.79 Å². The van der Waals surface area contributed by atoms with Crippen molar-refractivity contribution in [2.45, 2.75) is 25.2 Å². The average Bonchev–Trinajstić information content (AvgIpc) is 3.10. The number of aromatic nitrogens is 4. The second-order valence-electron chi connectivity index (χ2n) is 4.82. The molecule has 20 heavy (non-hydrogen) atoms. The molecule has 8 nitrogen and oxygen atoms in total. The van der Waals surface area contributed by atoms with Crippen molar-refractivity contribution in [2.24, 2.45) is 0 Å². The van der Waals surface area contributed by atoms with E-state index in [9.17, 15) is 9.59 Å². The standard InChI is InChI=1S/C12H15N5O3/c18-10(7-9-13-3-4-14-9)17-5-1-8(2-6-17)11-15-16-12(19)20-11/h3-4,8H,1-2,5-7H2,(H,13,14)(H,16,19). The fourth-order valence-electron chi connectivity index (χ4n) is 2.44. The summed E-state index contributed by atoms with van der Waals surface area (Å²) < 4.78 is 4.96. The van der Waals surface area contributed by atoms with Crippen LogP contribution in [0.1, 0.15) is 30.5 Å². The number of hydrogen-bond acceptors (Lipinski definition) is 5. The molecule has 106 valence electrons. The van der Waals surface area contributed by atoms with Crippen molar-refractivity contribution in [3.63, 3.8) is 0 Å². The van der Waals surface area contributed by atoms with Crippen molar-refractivity contribution in [2.75, 3.05) is 13.1 Å². The van der Waals surface area contributed by atoms with Crippen LogP contribution in [0, 0.1) is 0 Å². The first-order chi connectivity index (χ1) is 9.72. The number of carbonyl (C=O) groups is 1. The first kappa shape index (κ1) is 12.6. The Morgan fingerprint density at radius 1 is 1.45 bits per heavy atom. The summed E-state index contributed by atoms with van der Waals surface area (Å²) in [4.78, 5) is 31.8. The third-order valence-electron chi connectivity index (χ3n) is 3.53. The molecular weight excluding hydrogens is 262 g/mol. The number of aromatic amines is 2. The Hall–Kier alpha value is -2.38. The van der Waals surface area contributed by atoms with E-state index in [4.69, 9.17) is 4.42 Å². The van der Waals surface area contributed by atoms with Crippen LogP contribution in [0.3, 0.4) is 0 Å². The lowest BCUT2D eigenvalue weighted by atomic mass is 9.96. The summed E-state index contributed by atoms with van der Waals surface area (Å²) >= 11 is 0. The quantitative estimate of drug-likeness (QED) is 0.823. The number of carbonyl (C=O) groups excluding carboxylic acids is 1. The summed E-state index contributed by atoms with van der Waals surface area (Å²) in [6, 6.07) is 0. The molecule has 0 bridgehead atoms. The minimum absolute atomic E-state index is 0.0573. The van der Waals surface area contributed by atoms with E-state index in [1.54, 1.807) is 12.4 Å². The van der Waals surface area contributed by atoms with Gasteiger partial charge in [-0.05, 0) is 12.8 Å². The van der Waals surface area contributed by atoms with Crippen molar-refractivity contribution >= 4 is 5.91 Å². The zero-order chi connectivity index (χ0) is 13.9. The van der Waals surface area contributed by atoms with E-state index in [0.29, 0.717) is 24.8 Å². The number of likely N-dealkylation sites (tertiary alicyclic amines) is 1. The smallest absolute Gasteiger partial charge is 0.392 e. The molecule has 3 heterocycles. The zero-order valence-corrected chi connectivity index (χ0v) is 10.8. The largest absolute Gasteiger partial charge is 0.434 e. The van der Waals surface area contributed by atoms with Crippen LogP contribution in [0.4, 0.5) is 0 Å². The van der Waals surface area contributed by atoms with Crippen molar-refractivity contribution in [3.8, 4) is 0 Å². The summed E-state index contributed by atoms with van der Waals surface area (Å²) in [6.45, 7) is 1.28. The van der Waals surface area contributed by atoms with E-state index in [1.165, 1.54) is 0 Å². The third-order valence-corrected chi connectivity index (χ3v) is 3.53. The highest BCUT2D eigenvalue weighted by atomic mass is 16.4. The number of nitrogens with one attached hydrogen (secondary N) is 2. The molecule has 1 saturated heterocycles. The number of amides is 1. The molecule has 0 saturated carbocycles. The Labute approximate surface area is 114 Å². The number of piperidine rings is 1. The van der Waals surface area contributed by atoms with E-state index >= 15 is 0 Å². The van der Waals surface area contributed by atoms with Gasteiger partial charge in [-0.1, -0.05) is 0 Å². The van der Waals surface area contributed by atoms with Gasteiger partial charge in [0.05, 0.1) is 6.42 Å². The molecular formula is C12H15N5O3. The minimum Gasteiger partial charge on any atom is -0.392 e. The summed E-state index contributed by atoms with van der Waals surface area (Å²) in [5.74, 6) is 0.739. The van der Waals surface area contributed by atoms with Crippen LogP contribution in [0.25, 0.3) is 0 Å². The van der Waals surface area contributed by atoms with Crippen molar-refractivity contribution < 1.29 is 9.21 Å². The third kappa shape index (κ3) is 2.63. The lowest BCUT2D eigenvalue weighted by molar-refractivity contribution is -0.131. The topological polar surface area (TPSA) is 108 Å². The predicted molar refractivity (Wildman–Crippen MR) is 68.0 cm³/mol. The van der Waals surface area contributed by atoms with E-state index in [-0.39, 0.29) is 18.2 Å². The fourth-order valence-corrected chi connectivity index (χ4v) is 2.44. The number of H-pyrrole nitrogens is 2. The molecule has 0 spiro atoms. The highest BCUT2D eigenvalue weighted by Gasteiger charge is 2.27. The van der Waals surface area contributed by atoms with Gasteiger partial charge < -0.3 is 14.3 Å². The lowest BCUT2D eigenvalue weighted by Crippen LogP contribution is -2.39. The summed E-state index contributed by atoms with van der Waals surface area (Å²) in [5, 5.41) is 6.11. The molecule has 0 radical (unpaired) electrons. The molecule has 1 aliphatic heterocycles. The van der Waals surface area contributed by atoms with E-state index in [0.717, 1.165) is 12.8 Å². The Balaban J connectivity index is 1.55. The van der Waals surface area contributed by atoms with Crippen LogP contribution in [0.15, 0.2) is 21.6 Å². The normalized spacial score (nSPS) is 16.5. The molecule has 8 heteroatoms. The van der Waals surface area contributed by atoms with Gasteiger partial charge in [0.2, 0.25) is 11.8 Å². The van der Waals surface area contributed by atoms with Crippen LogP contribution < -0.4 is 5.76 Å². The van der Waals surface area contributed by atoms with Gasteiger partial charge in [0, 0.05) is 31.4 Å². The van der Waals surface area contributed by atoms with Gasteiger partial charge in [-0.2, -0.15) is 0 Å². The SMILES string of the molecule is O=C(Cc1ncc[nH]1)N1CCC(c2n[nH]c(=O)o2)CC1. The zero-order valence-electron chi connectivity index (χ0n) is 10.8. The lowest BCUT2D eigenvalue weighted by Gasteiger charge is -2.30. The molecule has 1 aliphatic rings. The van der Waals surface area contributed by atoms with Gasteiger partial charge >= 0.3 is 5.76 Å². The Morgan fingerprint density at radius 3 is 2.85 bits per heavy atom. The molecule has 2 N–H and O–H groups in total. The number of rotatable bonds is 3. The second kappa shape index (κ2) is 5.32. The molecule has 1 fully saturated rings. The van der Waals surface area contributed by atoms with Gasteiger partial charge in [-0.15, -0.1) is 5.10 Å². The Kier molecular flexibility index (Phi) is 3.36. The number of nitrogens with zero attached hydrogens (tertiary/aromatic N) is 3. The molecule has 0 aliphatic carbocycles. The summed E-state index contributed by atoms with van der Waals surface area (Å²) in [5.41, 5.74) is 0. The van der Waals surface area contributed by atoms with Crippen LogP contribution >= 0.6 is 0 Å². The molecule has 2 aromatic heterocycles. The first-order valence-corrected chi connectivity index (χ1v) is 6.54. The van der Waals surface area contributed by atoms with E-state index < -0.39 is 5.76 Å². The fraction of sp³-hybridized carbons (Fsp3) is 0.500. The Morgan fingerprint density at radius 2 is 2.25 bits per heavy atom. The van der Waals surface area contributed by atoms with Gasteiger partial charge in [0.1, 0.15) is 5.82 Å². The summed E-state index contributed by atoms with van der Waals surface area (Å²) in [7, 11) is 0. The first-order valence-electron chi connectivity index (χ1n) is 6.54. The average molecular weight is 277 g/mol. The number of imidazole rings is 1. The maximum absolute atomic E-state index is 12.1. The molecule has 3 rings (SSSR count). The van der Waals surface area contributed by atoms with Gasteiger partial charge in [0.15, 0.2) is 0 Å². The van der Waals surface area contributed by atoms with E-state index in [2.05, 4.69) is 20.2 Å². The van der Waals surface area contributed by atoms with Crippen LogP contribution in [0.2, 0.25) is 0 Å². The minimum atomic E-state index is -0.531. The van der Waals surface area contributed by atoms with Crippen molar-refractivity contribution in [1.29, 1.82) is 0 Å². The van der Waals surface area contributed by atoms with Crippen LogP contribution in [0.5, 0.6) is 0 Å². The monoisotopic (exact) mass is 277 g/mol. The van der Waals surface area contributed by atoms with Crippen LogP contribution in [-0.2, 0) is 11.2 Å². The molecule has 0 unspecified atom stereocenters. The summed E-state index contributed by atoms with van der Waals surface area (Å²) in [6.07, 6.45) is 5.12. The second-order valence-corrected chi connectivity index (χ2v) is 4.82. The van der Waals surface area contributed by atoms with Crippen LogP contribution in [-0.4, -0.2) is 44.1 Å². The molecule has 0 atom stereocenters. The Bertz CT molecular complexity index is 622. The van der Waals surface area contributed by atoms with Crippen molar-refractivity contribution in [1.82, 2.24) is 25.1 Å². The number of hydrogen-bond donors (Lipinski definition) is 2. The highest BCUT2D eigenvalue weighted by Crippen LogP contribution is 2.25. The predicted octanol–water partition coefficient (Wildman–Crippen LogP) is 0.0347. The highest BCUT2D eigenvalue weighted by molar-refractivity contribution is 5.78.